The summed E-state index contributed by atoms with van der Waals surface area (Å²) in [5, 5.41) is 16.0. The number of rotatable bonds is 13. The van der Waals surface area contributed by atoms with E-state index < -0.39 is 6.10 Å². The zero-order chi connectivity index (χ0) is 22.1. The minimum Gasteiger partial charge on any atom is -0.387 e. The molecule has 2 nitrogen and oxygen atoms in total. The number of benzene rings is 3. The molecular weight excluding hydrogens is 482 g/mol. The third-order valence-electron chi connectivity index (χ3n) is 6.31. The van der Waals surface area contributed by atoms with E-state index in [0.29, 0.717) is 0 Å². The predicted molar refractivity (Wildman–Crippen MR) is 146 cm³/mol. The van der Waals surface area contributed by atoms with Crippen LogP contribution in [0.5, 0.6) is 0 Å². The Hall–Kier alpha value is -1.13. The first-order chi connectivity index (χ1) is 15.1. The Morgan fingerprint density at radius 3 is 2.03 bits per heavy atom. The van der Waals surface area contributed by atoms with Crippen LogP contribution >= 0.6 is 28.3 Å². The zero-order valence-corrected chi connectivity index (χ0v) is 22.1. The van der Waals surface area contributed by atoms with Gasteiger partial charge in [-0.2, -0.15) is 0 Å². The number of fused-ring (bicyclic) bond motifs is 3. The summed E-state index contributed by atoms with van der Waals surface area (Å²) in [7, 11) is 0. The summed E-state index contributed by atoms with van der Waals surface area (Å²) >= 11 is 3.71. The fourth-order valence-corrected chi connectivity index (χ4v) is 5.04. The minimum absolute atomic E-state index is 0. The van der Waals surface area contributed by atoms with Crippen LogP contribution in [-0.4, -0.2) is 29.6 Å². The second-order valence-electron chi connectivity index (χ2n) is 8.82. The van der Waals surface area contributed by atoms with E-state index in [4.69, 9.17) is 0 Å². The van der Waals surface area contributed by atoms with Gasteiger partial charge in [-0.05, 0) is 65.2 Å². The van der Waals surface area contributed by atoms with Crippen molar-refractivity contribution >= 4 is 49.9 Å². The standard InChI is InChI=1S/C28H38BrNO.ClH/c1-3-5-7-11-17-30(18-12-8-6-4-2)21-28(31)23-16-15-22-20-27(29)25-14-10-9-13-24(25)26(22)19-23;/h9-10,13-16,19-20,28,31H,3-8,11-12,17-18,21H2,1-2H3;1H. The summed E-state index contributed by atoms with van der Waals surface area (Å²) in [5.41, 5.74) is 1.02. The van der Waals surface area contributed by atoms with E-state index in [2.05, 4.69) is 83.2 Å². The lowest BCUT2D eigenvalue weighted by Gasteiger charge is -2.25. The zero-order valence-electron chi connectivity index (χ0n) is 19.7. The maximum atomic E-state index is 11.1. The molecule has 32 heavy (non-hydrogen) atoms. The van der Waals surface area contributed by atoms with Gasteiger partial charge in [-0.15, -0.1) is 12.4 Å². The molecule has 0 saturated carbocycles. The second kappa shape index (κ2) is 14.2. The molecule has 0 fully saturated rings. The molecule has 4 heteroatoms. The van der Waals surface area contributed by atoms with Crippen LogP contribution in [0.2, 0.25) is 0 Å². The van der Waals surface area contributed by atoms with Crippen LogP contribution in [-0.2, 0) is 0 Å². The van der Waals surface area contributed by atoms with Crippen molar-refractivity contribution in [2.75, 3.05) is 19.6 Å². The van der Waals surface area contributed by atoms with E-state index in [1.165, 1.54) is 72.9 Å². The van der Waals surface area contributed by atoms with Gasteiger partial charge in [0.15, 0.2) is 0 Å². The summed E-state index contributed by atoms with van der Waals surface area (Å²) in [4.78, 5) is 2.49. The molecule has 0 aliphatic carbocycles. The average molecular weight is 521 g/mol. The fraction of sp³-hybridized carbons (Fsp3) is 0.500. The molecule has 0 amide bonds. The van der Waals surface area contributed by atoms with Gasteiger partial charge in [0.05, 0.1) is 6.10 Å². The van der Waals surface area contributed by atoms with Crippen molar-refractivity contribution < 1.29 is 5.11 Å². The maximum Gasteiger partial charge on any atom is 0.0917 e. The third kappa shape index (κ3) is 7.45. The largest absolute Gasteiger partial charge is 0.387 e. The molecule has 0 heterocycles. The molecule has 0 aromatic heterocycles. The molecule has 0 spiro atoms. The van der Waals surface area contributed by atoms with Crippen molar-refractivity contribution in [2.24, 2.45) is 0 Å². The Morgan fingerprint density at radius 2 is 1.41 bits per heavy atom. The highest BCUT2D eigenvalue weighted by Gasteiger charge is 2.15. The third-order valence-corrected chi connectivity index (χ3v) is 6.96. The van der Waals surface area contributed by atoms with Gasteiger partial charge in [0.1, 0.15) is 0 Å². The summed E-state index contributed by atoms with van der Waals surface area (Å²) in [6, 6.07) is 17.1. The second-order valence-corrected chi connectivity index (χ2v) is 9.68. The average Bonchev–Trinajstić information content (AvgIpc) is 2.79. The monoisotopic (exact) mass is 519 g/mol. The number of aliphatic hydroxyl groups excluding tert-OH is 1. The highest BCUT2D eigenvalue weighted by atomic mass is 79.9. The molecular formula is C28H39BrClNO. The van der Waals surface area contributed by atoms with Gasteiger partial charge in [0.25, 0.3) is 0 Å². The van der Waals surface area contributed by atoms with Crippen LogP contribution in [0.1, 0.15) is 76.9 Å². The molecule has 3 rings (SSSR count). The number of hydrogen-bond acceptors (Lipinski definition) is 2. The summed E-state index contributed by atoms with van der Waals surface area (Å²) in [6.07, 6.45) is 9.71. The first-order valence-electron chi connectivity index (χ1n) is 12.1. The van der Waals surface area contributed by atoms with Crippen LogP contribution in [0.4, 0.5) is 0 Å². The van der Waals surface area contributed by atoms with Crippen molar-refractivity contribution in [3.63, 3.8) is 0 Å². The molecule has 1 unspecified atom stereocenters. The number of halogens is 2. The van der Waals surface area contributed by atoms with Crippen LogP contribution in [0.25, 0.3) is 21.5 Å². The molecule has 3 aromatic rings. The highest BCUT2D eigenvalue weighted by Crippen LogP contribution is 2.33. The van der Waals surface area contributed by atoms with Crippen molar-refractivity contribution in [2.45, 2.75) is 71.3 Å². The topological polar surface area (TPSA) is 23.5 Å². The summed E-state index contributed by atoms with van der Waals surface area (Å²) < 4.78 is 1.12. The molecule has 0 aliphatic heterocycles. The Morgan fingerprint density at radius 1 is 0.781 bits per heavy atom. The quantitative estimate of drug-likeness (QED) is 0.180. The van der Waals surface area contributed by atoms with Gasteiger partial charge >= 0.3 is 0 Å². The van der Waals surface area contributed by atoms with Crippen LogP contribution < -0.4 is 0 Å². The number of nitrogens with zero attached hydrogens (tertiary/aromatic N) is 1. The van der Waals surface area contributed by atoms with Gasteiger partial charge in [0, 0.05) is 11.0 Å². The van der Waals surface area contributed by atoms with Gasteiger partial charge in [-0.3, -0.25) is 0 Å². The molecule has 0 aliphatic rings. The number of aliphatic hydroxyl groups is 1. The van der Waals surface area contributed by atoms with Crippen molar-refractivity contribution in [1.82, 2.24) is 4.90 Å². The molecule has 0 radical (unpaired) electrons. The minimum atomic E-state index is -0.454. The Kier molecular flexibility index (Phi) is 12.0. The molecule has 0 saturated heterocycles. The van der Waals surface area contributed by atoms with E-state index >= 15 is 0 Å². The number of unbranched alkanes of at least 4 members (excludes halogenated alkanes) is 6. The highest BCUT2D eigenvalue weighted by molar-refractivity contribution is 9.10. The van der Waals surface area contributed by atoms with Crippen LogP contribution in [0, 0.1) is 0 Å². The normalized spacial score (nSPS) is 12.4. The van der Waals surface area contributed by atoms with E-state index in [0.717, 1.165) is 29.7 Å². The van der Waals surface area contributed by atoms with E-state index in [9.17, 15) is 5.11 Å². The number of hydrogen-bond donors (Lipinski definition) is 1. The lowest BCUT2D eigenvalue weighted by molar-refractivity contribution is 0.110. The van der Waals surface area contributed by atoms with Gasteiger partial charge in [-0.1, -0.05) is 105 Å². The Labute approximate surface area is 208 Å². The van der Waals surface area contributed by atoms with Gasteiger partial charge in [0.2, 0.25) is 0 Å². The van der Waals surface area contributed by atoms with E-state index in [1.54, 1.807) is 0 Å². The van der Waals surface area contributed by atoms with Gasteiger partial charge in [-0.25, -0.2) is 0 Å². The van der Waals surface area contributed by atoms with Crippen molar-refractivity contribution in [3.05, 3.63) is 58.6 Å². The molecule has 1 atom stereocenters. The molecule has 176 valence electrons. The smallest absolute Gasteiger partial charge is 0.0917 e. The lowest BCUT2D eigenvalue weighted by Crippen LogP contribution is -2.31. The van der Waals surface area contributed by atoms with Crippen LogP contribution in [0.3, 0.4) is 0 Å². The fourth-order valence-electron chi connectivity index (χ4n) is 4.45. The summed E-state index contributed by atoms with van der Waals surface area (Å²) in [6.45, 7) is 7.42. The Bertz CT molecular complexity index is 949. The molecule has 3 aromatic carbocycles. The molecule has 0 bridgehead atoms. The SMILES string of the molecule is CCCCCCN(CCCCCC)CC(O)c1ccc2cc(Br)c3ccccc3c2c1.Cl. The van der Waals surface area contributed by atoms with Crippen molar-refractivity contribution in [1.29, 1.82) is 0 Å². The maximum absolute atomic E-state index is 11.1. The first kappa shape index (κ1) is 27.1. The summed E-state index contributed by atoms with van der Waals surface area (Å²) in [5.74, 6) is 0. The Balaban J connectivity index is 0.00000363. The van der Waals surface area contributed by atoms with E-state index in [1.807, 2.05) is 0 Å². The van der Waals surface area contributed by atoms with E-state index in [-0.39, 0.29) is 12.4 Å². The molecule has 1 N–H and O–H groups in total. The first-order valence-corrected chi connectivity index (χ1v) is 12.9. The van der Waals surface area contributed by atoms with Crippen LogP contribution in [0.15, 0.2) is 53.0 Å². The van der Waals surface area contributed by atoms with Gasteiger partial charge < -0.3 is 10.0 Å². The lowest BCUT2D eigenvalue weighted by atomic mass is 9.98. The predicted octanol–water partition coefficient (Wildman–Crippen LogP) is 8.67. The van der Waals surface area contributed by atoms with Crippen molar-refractivity contribution in [3.8, 4) is 0 Å².